The van der Waals surface area contributed by atoms with E-state index >= 15 is 0 Å². The lowest BCUT2D eigenvalue weighted by Gasteiger charge is -2.42. The molecule has 0 bridgehead atoms. The fraction of sp³-hybridized carbons (Fsp3) is 0.346. The first kappa shape index (κ1) is 22.6. The molecule has 3 N–H and O–H groups in total. The Morgan fingerprint density at radius 3 is 2.55 bits per heavy atom. The molecule has 2 aromatic carbocycles. The van der Waals surface area contributed by atoms with Crippen LogP contribution in [-0.4, -0.2) is 46.5 Å². The highest BCUT2D eigenvalue weighted by atomic mass is 16.2. The van der Waals surface area contributed by atoms with E-state index in [1.54, 1.807) is 4.90 Å². The van der Waals surface area contributed by atoms with E-state index in [9.17, 15) is 14.4 Å². The molecule has 0 aliphatic carbocycles. The molecular weight excluding hydrogens is 416 g/mol. The van der Waals surface area contributed by atoms with Gasteiger partial charge in [-0.25, -0.2) is 0 Å². The molecule has 1 aliphatic rings. The van der Waals surface area contributed by atoms with Gasteiger partial charge in [0, 0.05) is 31.4 Å². The van der Waals surface area contributed by atoms with E-state index in [4.69, 9.17) is 0 Å². The number of nitrogens with zero attached hydrogens (tertiary/aromatic N) is 1. The second-order valence-electron chi connectivity index (χ2n) is 8.70. The number of nitrogens with one attached hydrogen (secondary N) is 3. The molecule has 2 heterocycles. The van der Waals surface area contributed by atoms with Crippen LogP contribution in [0.1, 0.15) is 30.9 Å². The van der Waals surface area contributed by atoms with Gasteiger partial charge < -0.3 is 15.3 Å². The third-order valence-corrected chi connectivity index (χ3v) is 6.45. The Labute approximate surface area is 193 Å². The summed E-state index contributed by atoms with van der Waals surface area (Å²) >= 11 is 0. The maximum absolute atomic E-state index is 13.4. The van der Waals surface area contributed by atoms with Crippen molar-refractivity contribution in [3.05, 3.63) is 82.3 Å². The van der Waals surface area contributed by atoms with Crippen molar-refractivity contribution in [2.45, 2.75) is 32.6 Å². The summed E-state index contributed by atoms with van der Waals surface area (Å²) in [6.45, 7) is 3.37. The van der Waals surface area contributed by atoms with E-state index in [1.807, 2.05) is 37.3 Å². The Balaban J connectivity index is 1.63. The van der Waals surface area contributed by atoms with E-state index in [0.29, 0.717) is 38.0 Å². The van der Waals surface area contributed by atoms with Crippen LogP contribution in [0.25, 0.3) is 11.1 Å². The first-order valence-electron chi connectivity index (χ1n) is 11.5. The largest absolute Gasteiger partial charge is 0.356 e. The van der Waals surface area contributed by atoms with E-state index in [0.717, 1.165) is 23.1 Å². The smallest absolute Gasteiger partial charge is 0.267 e. The minimum Gasteiger partial charge on any atom is -0.356 e. The Morgan fingerprint density at radius 2 is 1.82 bits per heavy atom. The zero-order valence-corrected chi connectivity index (χ0v) is 18.9. The topological polar surface area (TPSA) is 98.1 Å². The van der Waals surface area contributed by atoms with Gasteiger partial charge in [0.2, 0.25) is 11.8 Å². The third kappa shape index (κ3) is 4.92. The second-order valence-corrected chi connectivity index (χ2v) is 8.70. The van der Waals surface area contributed by atoms with Crippen LogP contribution in [0.3, 0.4) is 0 Å². The van der Waals surface area contributed by atoms with Crippen LogP contribution >= 0.6 is 0 Å². The zero-order valence-electron chi connectivity index (χ0n) is 18.9. The van der Waals surface area contributed by atoms with Crippen molar-refractivity contribution in [3.8, 4) is 11.1 Å². The summed E-state index contributed by atoms with van der Waals surface area (Å²) in [5, 5.41) is 8.12. The molecular formula is C26H30N4O3. The summed E-state index contributed by atoms with van der Waals surface area (Å²) < 4.78 is 0. The molecule has 0 radical (unpaired) electrons. The Hall–Kier alpha value is -3.61. The normalized spacial score (nSPS) is 18.2. The summed E-state index contributed by atoms with van der Waals surface area (Å²) in [5.41, 5.74) is 2.69. The highest BCUT2D eigenvalue weighted by molar-refractivity contribution is 5.86. The molecule has 172 valence electrons. The summed E-state index contributed by atoms with van der Waals surface area (Å²) in [5.74, 6) is -0.158. The summed E-state index contributed by atoms with van der Waals surface area (Å²) in [4.78, 5) is 40.1. The number of benzene rings is 2. The highest BCUT2D eigenvalue weighted by Crippen LogP contribution is 2.37. The molecule has 4 rings (SSSR count). The molecule has 0 saturated carbocycles. The van der Waals surface area contributed by atoms with Crippen LogP contribution in [0.2, 0.25) is 0 Å². The average Bonchev–Trinajstić information content (AvgIpc) is 3.24. The van der Waals surface area contributed by atoms with Crippen LogP contribution < -0.4 is 10.9 Å². The van der Waals surface area contributed by atoms with E-state index in [2.05, 4.69) is 39.8 Å². The van der Waals surface area contributed by atoms with Gasteiger partial charge in [0.1, 0.15) is 0 Å². The predicted molar refractivity (Wildman–Crippen MR) is 128 cm³/mol. The average molecular weight is 447 g/mol. The molecule has 33 heavy (non-hydrogen) atoms. The number of likely N-dealkylation sites (tertiary alicyclic amines) is 1. The molecule has 7 heteroatoms. The number of aromatic amines is 2. The van der Waals surface area contributed by atoms with Gasteiger partial charge >= 0.3 is 0 Å². The fourth-order valence-corrected chi connectivity index (χ4v) is 4.78. The lowest BCUT2D eigenvalue weighted by Crippen LogP contribution is -2.54. The maximum Gasteiger partial charge on any atom is 0.267 e. The molecule has 1 saturated heterocycles. The third-order valence-electron chi connectivity index (χ3n) is 6.45. The number of aromatic nitrogens is 2. The summed E-state index contributed by atoms with van der Waals surface area (Å²) in [6, 6.07) is 18.3. The van der Waals surface area contributed by atoms with Crippen LogP contribution in [-0.2, 0) is 22.4 Å². The molecule has 1 aliphatic heterocycles. The van der Waals surface area contributed by atoms with Gasteiger partial charge in [0.25, 0.3) is 5.56 Å². The fourth-order valence-electron chi connectivity index (χ4n) is 4.78. The number of hydrogen-bond acceptors (Lipinski definition) is 3. The monoisotopic (exact) mass is 446 g/mol. The van der Waals surface area contributed by atoms with Crippen molar-refractivity contribution in [1.82, 2.24) is 20.4 Å². The lowest BCUT2D eigenvalue weighted by atomic mass is 9.73. The van der Waals surface area contributed by atoms with Gasteiger partial charge in [0.15, 0.2) is 0 Å². The van der Waals surface area contributed by atoms with Crippen molar-refractivity contribution in [2.24, 2.45) is 5.41 Å². The Morgan fingerprint density at radius 1 is 1.06 bits per heavy atom. The number of H-pyrrole nitrogens is 2. The van der Waals surface area contributed by atoms with Gasteiger partial charge in [-0.1, -0.05) is 54.6 Å². The standard InChI is InChI=1S/C26H30N4O3/c1-2-27-25(33)26(16-20-11-6-7-12-22(20)19-9-4-3-5-10-19)13-8-14-30(18-26)23(31)15-21-17-28-29-24(21)32/h3-7,9-12,17H,2,8,13-16,18H2,1H3,(H,27,33)(H2,28,29,32). The number of carbonyl (C=O) groups excluding carboxylic acids is 2. The van der Waals surface area contributed by atoms with Crippen molar-refractivity contribution < 1.29 is 9.59 Å². The zero-order chi connectivity index (χ0) is 23.3. The van der Waals surface area contributed by atoms with Crippen LogP contribution in [0.5, 0.6) is 0 Å². The molecule has 2 amide bonds. The Kier molecular flexibility index (Phi) is 6.77. The van der Waals surface area contributed by atoms with Crippen LogP contribution in [0, 0.1) is 5.41 Å². The second kappa shape index (κ2) is 9.90. The lowest BCUT2D eigenvalue weighted by molar-refractivity contribution is -0.141. The van der Waals surface area contributed by atoms with E-state index in [-0.39, 0.29) is 23.8 Å². The van der Waals surface area contributed by atoms with Gasteiger partial charge in [-0.2, -0.15) is 0 Å². The molecule has 0 spiro atoms. The molecule has 1 fully saturated rings. The van der Waals surface area contributed by atoms with Gasteiger partial charge in [-0.15, -0.1) is 0 Å². The van der Waals surface area contributed by atoms with E-state index < -0.39 is 5.41 Å². The number of rotatable bonds is 7. The SMILES string of the molecule is CCNC(=O)C1(Cc2ccccc2-c2ccccc2)CCCN(C(=O)Cc2c[nH][nH]c2=O)C1. The van der Waals surface area contributed by atoms with Crippen molar-refractivity contribution in [2.75, 3.05) is 19.6 Å². The van der Waals surface area contributed by atoms with Gasteiger partial charge in [-0.3, -0.25) is 19.5 Å². The molecule has 3 aromatic rings. The van der Waals surface area contributed by atoms with Gasteiger partial charge in [0.05, 0.1) is 11.8 Å². The van der Waals surface area contributed by atoms with Crippen LogP contribution in [0.4, 0.5) is 0 Å². The highest BCUT2D eigenvalue weighted by Gasteiger charge is 2.43. The number of amides is 2. The Bertz CT molecular complexity index is 1170. The van der Waals surface area contributed by atoms with Crippen molar-refractivity contribution in [1.29, 1.82) is 0 Å². The minimum atomic E-state index is -0.723. The molecule has 1 aromatic heterocycles. The van der Waals surface area contributed by atoms with Crippen LogP contribution in [0.15, 0.2) is 65.6 Å². The number of carbonyl (C=O) groups is 2. The summed E-state index contributed by atoms with van der Waals surface area (Å²) in [7, 11) is 0. The minimum absolute atomic E-state index is 0.0188. The maximum atomic E-state index is 13.4. The predicted octanol–water partition coefficient (Wildman–Crippen LogP) is 2.90. The van der Waals surface area contributed by atoms with Crippen molar-refractivity contribution >= 4 is 11.8 Å². The van der Waals surface area contributed by atoms with Gasteiger partial charge in [-0.05, 0) is 42.9 Å². The molecule has 7 nitrogen and oxygen atoms in total. The molecule has 1 unspecified atom stereocenters. The summed E-state index contributed by atoms with van der Waals surface area (Å²) in [6.07, 6.45) is 3.52. The first-order chi connectivity index (χ1) is 16.0. The quantitative estimate of drug-likeness (QED) is 0.520. The number of hydrogen-bond donors (Lipinski definition) is 3. The van der Waals surface area contributed by atoms with Crippen molar-refractivity contribution in [3.63, 3.8) is 0 Å². The molecule has 1 atom stereocenters. The number of piperidine rings is 1. The van der Waals surface area contributed by atoms with E-state index in [1.165, 1.54) is 6.20 Å². The first-order valence-corrected chi connectivity index (χ1v) is 11.5.